The molecule has 5 nitrogen and oxygen atoms in total. The summed E-state index contributed by atoms with van der Waals surface area (Å²) in [6.45, 7) is 2.02. The van der Waals surface area contributed by atoms with Crippen molar-refractivity contribution in [1.82, 2.24) is 19.4 Å². The summed E-state index contributed by atoms with van der Waals surface area (Å²) in [7, 11) is 0. The van der Waals surface area contributed by atoms with Crippen LogP contribution >= 0.6 is 0 Å². The SMILES string of the molecule is Cc1cnccc1-c1cnc(N)n2cncc12. The van der Waals surface area contributed by atoms with Crippen molar-refractivity contribution in [3.63, 3.8) is 0 Å². The van der Waals surface area contributed by atoms with Crippen molar-refractivity contribution in [2.24, 2.45) is 0 Å². The first-order valence-electron chi connectivity index (χ1n) is 5.25. The second-order valence-corrected chi connectivity index (χ2v) is 3.87. The van der Waals surface area contributed by atoms with Gasteiger partial charge in [-0.05, 0) is 24.1 Å². The summed E-state index contributed by atoms with van der Waals surface area (Å²) in [5, 5.41) is 0. The van der Waals surface area contributed by atoms with E-state index >= 15 is 0 Å². The number of aromatic nitrogens is 4. The number of pyridine rings is 1. The van der Waals surface area contributed by atoms with E-state index in [0.29, 0.717) is 5.95 Å². The number of aryl methyl sites for hydroxylation is 1. The highest BCUT2D eigenvalue weighted by molar-refractivity contribution is 5.81. The fraction of sp³-hybridized carbons (Fsp3) is 0.0833. The number of nitrogens with two attached hydrogens (primary N) is 1. The molecule has 0 aliphatic carbocycles. The zero-order valence-corrected chi connectivity index (χ0v) is 9.33. The highest BCUT2D eigenvalue weighted by atomic mass is 15.1. The van der Waals surface area contributed by atoms with E-state index in [1.807, 2.05) is 19.2 Å². The number of nitrogen functional groups attached to an aromatic ring is 1. The minimum absolute atomic E-state index is 0.438. The van der Waals surface area contributed by atoms with Gasteiger partial charge in [0.15, 0.2) is 0 Å². The van der Waals surface area contributed by atoms with Crippen molar-refractivity contribution in [2.45, 2.75) is 6.92 Å². The van der Waals surface area contributed by atoms with E-state index in [1.54, 1.807) is 29.3 Å². The summed E-state index contributed by atoms with van der Waals surface area (Å²) in [6, 6.07) is 1.97. The highest BCUT2D eigenvalue weighted by Crippen LogP contribution is 2.26. The molecule has 0 saturated heterocycles. The van der Waals surface area contributed by atoms with Crippen LogP contribution in [0, 0.1) is 6.92 Å². The Morgan fingerprint density at radius 1 is 1.12 bits per heavy atom. The standard InChI is InChI=1S/C12H11N5/c1-8-4-14-3-2-9(8)10-5-16-12(13)17-7-15-6-11(10)17/h2-7H,1H3,(H2,13,16). The topological polar surface area (TPSA) is 69.1 Å². The molecule has 5 heteroatoms. The fourth-order valence-corrected chi connectivity index (χ4v) is 1.92. The van der Waals surface area contributed by atoms with Gasteiger partial charge in [-0.2, -0.15) is 0 Å². The Balaban J connectivity index is 2.35. The third kappa shape index (κ3) is 1.44. The van der Waals surface area contributed by atoms with E-state index < -0.39 is 0 Å². The van der Waals surface area contributed by atoms with Crippen LogP contribution < -0.4 is 5.73 Å². The van der Waals surface area contributed by atoms with Gasteiger partial charge in [0.2, 0.25) is 5.95 Å². The molecule has 0 aromatic carbocycles. The Hall–Kier alpha value is -2.43. The lowest BCUT2D eigenvalue weighted by Crippen LogP contribution is -2.00. The molecule has 0 amide bonds. The van der Waals surface area contributed by atoms with Crippen LogP contribution in [-0.2, 0) is 0 Å². The Bertz CT molecular complexity index is 686. The average molecular weight is 225 g/mol. The van der Waals surface area contributed by atoms with Gasteiger partial charge in [0.25, 0.3) is 0 Å². The smallest absolute Gasteiger partial charge is 0.206 e. The predicted octanol–water partition coefficient (Wildman–Crippen LogP) is 1.68. The number of hydrogen-bond donors (Lipinski definition) is 1. The van der Waals surface area contributed by atoms with Crippen LogP contribution in [-0.4, -0.2) is 19.4 Å². The van der Waals surface area contributed by atoms with Gasteiger partial charge < -0.3 is 5.73 Å². The molecule has 84 valence electrons. The Kier molecular flexibility index (Phi) is 2.04. The molecule has 0 bridgehead atoms. The number of anilines is 1. The molecule has 2 N–H and O–H groups in total. The first-order chi connectivity index (χ1) is 8.27. The zero-order valence-electron chi connectivity index (χ0n) is 9.33. The predicted molar refractivity (Wildman–Crippen MR) is 65.4 cm³/mol. The Morgan fingerprint density at radius 2 is 2.00 bits per heavy atom. The maximum absolute atomic E-state index is 5.79. The molecule has 0 aliphatic rings. The van der Waals surface area contributed by atoms with Crippen LogP contribution in [0.4, 0.5) is 5.95 Å². The van der Waals surface area contributed by atoms with Crippen LogP contribution in [0.5, 0.6) is 0 Å². The largest absolute Gasteiger partial charge is 0.369 e. The monoisotopic (exact) mass is 225 g/mol. The van der Waals surface area contributed by atoms with Gasteiger partial charge >= 0.3 is 0 Å². The van der Waals surface area contributed by atoms with Gasteiger partial charge in [0.1, 0.15) is 6.33 Å². The quantitative estimate of drug-likeness (QED) is 0.684. The number of hydrogen-bond acceptors (Lipinski definition) is 4. The molecule has 17 heavy (non-hydrogen) atoms. The minimum atomic E-state index is 0.438. The number of rotatable bonds is 1. The summed E-state index contributed by atoms with van der Waals surface area (Å²) in [6.07, 6.45) is 8.82. The van der Waals surface area contributed by atoms with Crippen LogP contribution in [0.25, 0.3) is 16.6 Å². The van der Waals surface area contributed by atoms with Gasteiger partial charge in [0, 0.05) is 24.2 Å². The highest BCUT2D eigenvalue weighted by Gasteiger charge is 2.09. The van der Waals surface area contributed by atoms with Crippen molar-refractivity contribution >= 4 is 11.5 Å². The second-order valence-electron chi connectivity index (χ2n) is 3.87. The third-order valence-electron chi connectivity index (χ3n) is 2.80. The minimum Gasteiger partial charge on any atom is -0.369 e. The first-order valence-corrected chi connectivity index (χ1v) is 5.25. The van der Waals surface area contributed by atoms with Gasteiger partial charge in [-0.25, -0.2) is 9.97 Å². The van der Waals surface area contributed by atoms with Crippen molar-refractivity contribution in [1.29, 1.82) is 0 Å². The molecule has 3 aromatic rings. The molecular formula is C12H11N5. The number of fused-ring (bicyclic) bond motifs is 1. The lowest BCUT2D eigenvalue weighted by Gasteiger charge is -2.08. The molecule has 0 spiro atoms. The van der Waals surface area contributed by atoms with Crippen molar-refractivity contribution in [3.8, 4) is 11.1 Å². The lowest BCUT2D eigenvalue weighted by atomic mass is 10.0. The van der Waals surface area contributed by atoms with Crippen LogP contribution in [0.15, 0.2) is 37.2 Å². The molecule has 3 rings (SSSR count). The summed E-state index contributed by atoms with van der Waals surface area (Å²) in [5.74, 6) is 0.438. The molecule has 0 fully saturated rings. The number of imidazole rings is 1. The van der Waals surface area contributed by atoms with Gasteiger partial charge in [-0.15, -0.1) is 0 Å². The fourth-order valence-electron chi connectivity index (χ4n) is 1.92. The van der Waals surface area contributed by atoms with E-state index in [-0.39, 0.29) is 0 Å². The molecule has 3 heterocycles. The zero-order chi connectivity index (χ0) is 11.8. The summed E-state index contributed by atoms with van der Waals surface area (Å²) in [4.78, 5) is 12.4. The van der Waals surface area contributed by atoms with Crippen LogP contribution in [0.3, 0.4) is 0 Å². The van der Waals surface area contributed by atoms with E-state index in [4.69, 9.17) is 5.73 Å². The Morgan fingerprint density at radius 3 is 2.82 bits per heavy atom. The lowest BCUT2D eigenvalue weighted by molar-refractivity contribution is 1.09. The van der Waals surface area contributed by atoms with Crippen LogP contribution in [0.2, 0.25) is 0 Å². The molecule has 0 atom stereocenters. The Labute approximate surface area is 98.0 Å². The molecule has 0 radical (unpaired) electrons. The van der Waals surface area contributed by atoms with Gasteiger partial charge in [-0.1, -0.05) is 0 Å². The van der Waals surface area contributed by atoms with E-state index in [9.17, 15) is 0 Å². The molecule has 3 aromatic heterocycles. The van der Waals surface area contributed by atoms with Gasteiger partial charge in [-0.3, -0.25) is 9.38 Å². The van der Waals surface area contributed by atoms with E-state index in [0.717, 1.165) is 22.2 Å². The molecule has 0 unspecified atom stereocenters. The molecule has 0 aliphatic heterocycles. The van der Waals surface area contributed by atoms with Gasteiger partial charge in [0.05, 0.1) is 11.7 Å². The van der Waals surface area contributed by atoms with E-state index in [2.05, 4.69) is 15.0 Å². The summed E-state index contributed by atoms with van der Waals surface area (Å²) in [5.41, 5.74) is 9.94. The molecule has 0 saturated carbocycles. The third-order valence-corrected chi connectivity index (χ3v) is 2.80. The summed E-state index contributed by atoms with van der Waals surface area (Å²) >= 11 is 0. The average Bonchev–Trinajstić information content (AvgIpc) is 2.81. The maximum Gasteiger partial charge on any atom is 0.206 e. The first kappa shape index (κ1) is 9.77. The van der Waals surface area contributed by atoms with Crippen molar-refractivity contribution in [3.05, 3.63) is 42.7 Å². The van der Waals surface area contributed by atoms with Crippen molar-refractivity contribution in [2.75, 3.05) is 5.73 Å². The normalized spacial score (nSPS) is 10.9. The molecular weight excluding hydrogens is 214 g/mol. The number of nitrogens with zero attached hydrogens (tertiary/aromatic N) is 4. The second kappa shape index (κ2) is 3.55. The van der Waals surface area contributed by atoms with Crippen molar-refractivity contribution < 1.29 is 0 Å². The van der Waals surface area contributed by atoms with E-state index in [1.165, 1.54) is 0 Å². The summed E-state index contributed by atoms with van der Waals surface area (Å²) < 4.78 is 1.77. The van der Waals surface area contributed by atoms with Crippen LogP contribution in [0.1, 0.15) is 5.56 Å². The maximum atomic E-state index is 5.79.